The fraction of sp³-hybridized carbons (Fsp3) is 0.455. The molecule has 0 unspecified atom stereocenters. The van der Waals surface area contributed by atoms with E-state index >= 15 is 0 Å². The Labute approximate surface area is 83.9 Å². The van der Waals surface area contributed by atoms with E-state index in [1.165, 1.54) is 11.1 Å². The van der Waals surface area contributed by atoms with Crippen LogP contribution in [0.25, 0.3) is 0 Å². The van der Waals surface area contributed by atoms with Crippen LogP contribution in [0.1, 0.15) is 24.0 Å². The predicted octanol–water partition coefficient (Wildman–Crippen LogP) is 2.59. The SMILES string of the molecule is Cc1ccccc1CCCC[N+](=O)[O-]. The van der Waals surface area contributed by atoms with Gasteiger partial charge in [-0.1, -0.05) is 24.3 Å². The van der Waals surface area contributed by atoms with Crippen molar-refractivity contribution in [1.82, 2.24) is 0 Å². The van der Waals surface area contributed by atoms with E-state index in [-0.39, 0.29) is 11.5 Å². The Morgan fingerprint density at radius 3 is 2.64 bits per heavy atom. The first-order valence-corrected chi connectivity index (χ1v) is 4.86. The molecule has 0 N–H and O–H groups in total. The minimum atomic E-state index is -0.252. The summed E-state index contributed by atoms with van der Waals surface area (Å²) in [6.07, 6.45) is 2.51. The zero-order valence-corrected chi connectivity index (χ0v) is 8.40. The van der Waals surface area contributed by atoms with Crippen LogP contribution in [0.5, 0.6) is 0 Å². The summed E-state index contributed by atoms with van der Waals surface area (Å²) < 4.78 is 0. The van der Waals surface area contributed by atoms with E-state index in [0.29, 0.717) is 6.42 Å². The minimum absolute atomic E-state index is 0.0892. The number of unbranched alkanes of at least 4 members (excludes halogenated alkanes) is 1. The van der Waals surface area contributed by atoms with Crippen LogP contribution in [-0.2, 0) is 6.42 Å². The molecule has 0 amide bonds. The second-order valence-corrected chi connectivity index (χ2v) is 3.44. The van der Waals surface area contributed by atoms with Gasteiger partial charge in [-0.25, -0.2) is 0 Å². The van der Waals surface area contributed by atoms with Crippen molar-refractivity contribution in [2.24, 2.45) is 0 Å². The Bertz CT molecular complexity index is 310. The van der Waals surface area contributed by atoms with Gasteiger partial charge in [-0.15, -0.1) is 0 Å². The summed E-state index contributed by atoms with van der Waals surface area (Å²) in [7, 11) is 0. The van der Waals surface area contributed by atoms with E-state index in [1.807, 2.05) is 12.1 Å². The summed E-state index contributed by atoms with van der Waals surface area (Å²) in [5.41, 5.74) is 2.57. The molecule has 14 heavy (non-hydrogen) atoms. The van der Waals surface area contributed by atoms with Crippen LogP contribution in [0, 0.1) is 17.0 Å². The molecular formula is C11H15NO2. The van der Waals surface area contributed by atoms with Gasteiger partial charge >= 0.3 is 0 Å². The van der Waals surface area contributed by atoms with E-state index in [4.69, 9.17) is 0 Å². The molecule has 3 nitrogen and oxygen atoms in total. The maximum atomic E-state index is 10.1. The molecule has 1 rings (SSSR count). The number of nitrogens with zero attached hydrogens (tertiary/aromatic N) is 1. The summed E-state index contributed by atoms with van der Waals surface area (Å²) >= 11 is 0. The predicted molar refractivity (Wildman–Crippen MR) is 56.0 cm³/mol. The van der Waals surface area contributed by atoms with Crippen molar-refractivity contribution < 1.29 is 4.92 Å². The largest absolute Gasteiger partial charge is 0.265 e. The van der Waals surface area contributed by atoms with Gasteiger partial charge in [0.05, 0.1) is 0 Å². The molecule has 76 valence electrons. The third-order valence-corrected chi connectivity index (χ3v) is 2.30. The summed E-state index contributed by atoms with van der Waals surface area (Å²) in [4.78, 5) is 9.83. The molecule has 0 aliphatic heterocycles. The smallest absolute Gasteiger partial charge is 0.203 e. The van der Waals surface area contributed by atoms with Crippen LogP contribution in [0.4, 0.5) is 0 Å². The van der Waals surface area contributed by atoms with Gasteiger partial charge in [0.15, 0.2) is 0 Å². The first-order chi connectivity index (χ1) is 6.70. The summed E-state index contributed by atoms with van der Waals surface area (Å²) in [6, 6.07) is 8.18. The van der Waals surface area contributed by atoms with Crippen LogP contribution in [0.2, 0.25) is 0 Å². The van der Waals surface area contributed by atoms with Crippen molar-refractivity contribution in [3.8, 4) is 0 Å². The highest BCUT2D eigenvalue weighted by Gasteiger charge is 1.99. The van der Waals surface area contributed by atoms with Crippen LogP contribution < -0.4 is 0 Å². The lowest BCUT2D eigenvalue weighted by Crippen LogP contribution is -2.01. The highest BCUT2D eigenvalue weighted by atomic mass is 16.6. The monoisotopic (exact) mass is 193 g/mol. The number of hydrogen-bond acceptors (Lipinski definition) is 2. The van der Waals surface area contributed by atoms with Gasteiger partial charge in [-0.05, 0) is 30.9 Å². The van der Waals surface area contributed by atoms with Gasteiger partial charge in [0.25, 0.3) is 0 Å². The van der Waals surface area contributed by atoms with Crippen LogP contribution in [0.15, 0.2) is 24.3 Å². The lowest BCUT2D eigenvalue weighted by atomic mass is 10.0. The van der Waals surface area contributed by atoms with E-state index in [1.54, 1.807) is 0 Å². The fourth-order valence-electron chi connectivity index (χ4n) is 1.45. The first kappa shape index (κ1) is 10.7. The van der Waals surface area contributed by atoms with Crippen molar-refractivity contribution in [2.45, 2.75) is 26.2 Å². The van der Waals surface area contributed by atoms with E-state index in [9.17, 15) is 10.1 Å². The van der Waals surface area contributed by atoms with Crippen molar-refractivity contribution in [3.63, 3.8) is 0 Å². The lowest BCUT2D eigenvalue weighted by molar-refractivity contribution is -0.480. The maximum Gasteiger partial charge on any atom is 0.203 e. The molecule has 0 aliphatic rings. The summed E-state index contributed by atoms with van der Waals surface area (Å²) in [5.74, 6) is 0. The standard InChI is InChI=1S/C11H15NO2/c1-10-6-2-3-7-11(10)8-4-5-9-12(13)14/h2-3,6-7H,4-5,8-9H2,1H3. The Hall–Kier alpha value is -1.38. The second kappa shape index (κ2) is 5.37. The molecule has 0 bridgehead atoms. The Kier molecular flexibility index (Phi) is 4.11. The number of hydrogen-bond donors (Lipinski definition) is 0. The van der Waals surface area contributed by atoms with Crippen LogP contribution in [-0.4, -0.2) is 11.5 Å². The number of nitro groups is 1. The first-order valence-electron chi connectivity index (χ1n) is 4.86. The molecule has 0 heterocycles. The topological polar surface area (TPSA) is 43.1 Å². The van der Waals surface area contributed by atoms with Gasteiger partial charge in [-0.3, -0.25) is 10.1 Å². The quantitative estimate of drug-likeness (QED) is 0.410. The van der Waals surface area contributed by atoms with Gasteiger partial charge in [0, 0.05) is 11.3 Å². The lowest BCUT2D eigenvalue weighted by Gasteiger charge is -2.03. The molecule has 0 spiro atoms. The van der Waals surface area contributed by atoms with Crippen molar-refractivity contribution in [3.05, 3.63) is 45.5 Å². The molecule has 0 aromatic heterocycles. The fourth-order valence-corrected chi connectivity index (χ4v) is 1.45. The average molecular weight is 193 g/mol. The molecule has 3 heteroatoms. The summed E-state index contributed by atoms with van der Waals surface area (Å²) in [6.45, 7) is 2.16. The minimum Gasteiger partial charge on any atom is -0.265 e. The number of benzene rings is 1. The molecular weight excluding hydrogens is 178 g/mol. The molecule has 0 saturated heterocycles. The third-order valence-electron chi connectivity index (χ3n) is 2.30. The maximum absolute atomic E-state index is 10.1. The average Bonchev–Trinajstić information content (AvgIpc) is 2.15. The van der Waals surface area contributed by atoms with Gasteiger partial charge in [0.2, 0.25) is 6.54 Å². The normalized spacial score (nSPS) is 10.1. The second-order valence-electron chi connectivity index (χ2n) is 3.44. The molecule has 0 aliphatic carbocycles. The molecule has 0 fully saturated rings. The van der Waals surface area contributed by atoms with Gasteiger partial charge in [0.1, 0.15) is 0 Å². The zero-order chi connectivity index (χ0) is 10.4. The molecule has 0 atom stereocenters. The molecule has 0 radical (unpaired) electrons. The third kappa shape index (κ3) is 3.56. The van der Waals surface area contributed by atoms with Crippen LogP contribution >= 0.6 is 0 Å². The van der Waals surface area contributed by atoms with Crippen molar-refractivity contribution >= 4 is 0 Å². The van der Waals surface area contributed by atoms with E-state index < -0.39 is 0 Å². The zero-order valence-electron chi connectivity index (χ0n) is 8.40. The van der Waals surface area contributed by atoms with Crippen molar-refractivity contribution in [1.29, 1.82) is 0 Å². The van der Waals surface area contributed by atoms with E-state index in [2.05, 4.69) is 19.1 Å². The number of rotatable bonds is 5. The molecule has 0 saturated carbocycles. The Balaban J connectivity index is 2.31. The number of aryl methyl sites for hydroxylation is 2. The molecule has 1 aromatic carbocycles. The van der Waals surface area contributed by atoms with Crippen molar-refractivity contribution in [2.75, 3.05) is 6.54 Å². The van der Waals surface area contributed by atoms with E-state index in [0.717, 1.165) is 12.8 Å². The Morgan fingerprint density at radius 2 is 2.00 bits per heavy atom. The van der Waals surface area contributed by atoms with Crippen LogP contribution in [0.3, 0.4) is 0 Å². The molecule has 1 aromatic rings. The van der Waals surface area contributed by atoms with Gasteiger partial charge in [-0.2, -0.15) is 0 Å². The summed E-state index contributed by atoms with van der Waals surface area (Å²) in [5, 5.41) is 10.1. The Morgan fingerprint density at radius 1 is 1.29 bits per heavy atom. The van der Waals surface area contributed by atoms with Gasteiger partial charge < -0.3 is 0 Å². The highest BCUT2D eigenvalue weighted by molar-refractivity contribution is 5.25. The highest BCUT2D eigenvalue weighted by Crippen LogP contribution is 2.10.